The number of rotatable bonds is 3. The highest BCUT2D eigenvalue weighted by Gasteiger charge is 2.43. The van der Waals surface area contributed by atoms with Crippen LogP contribution in [0.5, 0.6) is 5.75 Å². The Morgan fingerprint density at radius 1 is 1.47 bits per heavy atom. The number of para-hydroxylation sites is 1. The summed E-state index contributed by atoms with van der Waals surface area (Å²) >= 11 is 0. The lowest BCUT2D eigenvalue weighted by atomic mass is 9.97. The largest absolute Gasteiger partial charge is 0.494 e. The van der Waals surface area contributed by atoms with E-state index in [9.17, 15) is 0 Å². The molecule has 3 rings (SSSR count). The van der Waals surface area contributed by atoms with E-state index in [-0.39, 0.29) is 0 Å². The number of oxazole rings is 1. The van der Waals surface area contributed by atoms with E-state index in [1.165, 1.54) is 0 Å². The van der Waals surface area contributed by atoms with Crippen molar-refractivity contribution in [1.82, 2.24) is 4.98 Å². The number of ether oxygens (including phenoxy) is 1. The first-order valence-corrected chi connectivity index (χ1v) is 5.86. The van der Waals surface area contributed by atoms with Gasteiger partial charge >= 0.3 is 0 Å². The molecule has 4 nitrogen and oxygen atoms in total. The number of fused-ring (bicyclic) bond motifs is 1. The van der Waals surface area contributed by atoms with Gasteiger partial charge in [0.1, 0.15) is 5.75 Å². The Morgan fingerprint density at radius 2 is 2.24 bits per heavy atom. The molecule has 1 atom stereocenters. The van der Waals surface area contributed by atoms with Crippen molar-refractivity contribution in [3.8, 4) is 5.75 Å². The van der Waals surface area contributed by atoms with Gasteiger partial charge < -0.3 is 14.9 Å². The van der Waals surface area contributed by atoms with Crippen molar-refractivity contribution >= 4 is 11.1 Å². The summed E-state index contributed by atoms with van der Waals surface area (Å²) in [4.78, 5) is 4.50. The first-order valence-electron chi connectivity index (χ1n) is 5.86. The fourth-order valence-electron chi connectivity index (χ4n) is 2.18. The lowest BCUT2D eigenvalue weighted by Gasteiger charge is -2.19. The molecule has 2 N–H and O–H groups in total. The van der Waals surface area contributed by atoms with Crippen LogP contribution in [0.2, 0.25) is 0 Å². The SMILES string of the molecule is COc1cccc2oc(C(C)(N)C3CC3)nc12. The topological polar surface area (TPSA) is 61.3 Å². The molecular formula is C13H16N2O2. The van der Waals surface area contributed by atoms with Gasteiger partial charge in [-0.05, 0) is 37.8 Å². The molecule has 1 aromatic heterocycles. The number of hydrogen-bond donors (Lipinski definition) is 1. The van der Waals surface area contributed by atoms with Crippen LogP contribution in [0.4, 0.5) is 0 Å². The van der Waals surface area contributed by atoms with Gasteiger partial charge in [-0.3, -0.25) is 0 Å². The maximum atomic E-state index is 6.30. The molecular weight excluding hydrogens is 216 g/mol. The number of hydrogen-bond acceptors (Lipinski definition) is 4. The van der Waals surface area contributed by atoms with Gasteiger partial charge in [0.05, 0.1) is 12.6 Å². The third kappa shape index (κ3) is 1.60. The zero-order chi connectivity index (χ0) is 12.0. The van der Waals surface area contributed by atoms with Crippen molar-refractivity contribution in [2.24, 2.45) is 11.7 Å². The normalized spacial score (nSPS) is 19.2. The van der Waals surface area contributed by atoms with E-state index in [1.807, 2.05) is 25.1 Å². The lowest BCUT2D eigenvalue weighted by molar-refractivity contribution is 0.327. The summed E-state index contributed by atoms with van der Waals surface area (Å²) in [6.07, 6.45) is 2.31. The molecule has 1 unspecified atom stereocenters. The molecule has 2 aromatic rings. The Bertz CT molecular complexity index is 556. The molecule has 90 valence electrons. The Hall–Kier alpha value is -1.55. The van der Waals surface area contributed by atoms with Gasteiger partial charge in [-0.15, -0.1) is 0 Å². The molecule has 1 heterocycles. The van der Waals surface area contributed by atoms with E-state index in [0.29, 0.717) is 11.8 Å². The number of benzene rings is 1. The fourth-order valence-corrected chi connectivity index (χ4v) is 2.18. The van der Waals surface area contributed by atoms with Crippen molar-refractivity contribution in [3.05, 3.63) is 24.1 Å². The zero-order valence-electron chi connectivity index (χ0n) is 10.1. The second-order valence-corrected chi connectivity index (χ2v) is 4.88. The molecule has 0 aliphatic heterocycles. The van der Waals surface area contributed by atoms with Crippen LogP contribution in [0, 0.1) is 5.92 Å². The molecule has 1 fully saturated rings. The van der Waals surface area contributed by atoms with E-state index in [2.05, 4.69) is 4.98 Å². The van der Waals surface area contributed by atoms with E-state index in [0.717, 1.165) is 29.7 Å². The van der Waals surface area contributed by atoms with Crippen LogP contribution >= 0.6 is 0 Å². The van der Waals surface area contributed by atoms with Crippen molar-refractivity contribution < 1.29 is 9.15 Å². The molecule has 0 radical (unpaired) electrons. The van der Waals surface area contributed by atoms with Crippen LogP contribution in [-0.4, -0.2) is 12.1 Å². The molecule has 1 aromatic carbocycles. The summed E-state index contributed by atoms with van der Waals surface area (Å²) in [5.74, 6) is 1.82. The van der Waals surface area contributed by atoms with E-state index in [1.54, 1.807) is 7.11 Å². The van der Waals surface area contributed by atoms with Gasteiger partial charge in [0.15, 0.2) is 11.1 Å². The van der Waals surface area contributed by atoms with Gasteiger partial charge in [-0.25, -0.2) is 4.98 Å². The molecule has 1 aliphatic rings. The summed E-state index contributed by atoms with van der Waals surface area (Å²) in [7, 11) is 1.63. The molecule has 0 saturated heterocycles. The van der Waals surface area contributed by atoms with Crippen molar-refractivity contribution in [2.45, 2.75) is 25.3 Å². The van der Waals surface area contributed by atoms with Crippen molar-refractivity contribution in [2.75, 3.05) is 7.11 Å². The average molecular weight is 232 g/mol. The number of aromatic nitrogens is 1. The first kappa shape index (κ1) is 10.6. The first-order chi connectivity index (χ1) is 8.13. The average Bonchev–Trinajstić information content (AvgIpc) is 3.08. The predicted octanol–water partition coefficient (Wildman–Crippen LogP) is 2.42. The molecule has 1 saturated carbocycles. The Morgan fingerprint density at radius 3 is 2.88 bits per heavy atom. The highest BCUT2D eigenvalue weighted by molar-refractivity contribution is 5.79. The van der Waals surface area contributed by atoms with Crippen molar-refractivity contribution in [1.29, 1.82) is 0 Å². The second-order valence-electron chi connectivity index (χ2n) is 4.88. The maximum absolute atomic E-state index is 6.30. The summed E-state index contributed by atoms with van der Waals surface area (Å²) in [5.41, 5.74) is 7.32. The Labute approximate surface area is 99.8 Å². The van der Waals surface area contributed by atoms with E-state index < -0.39 is 5.54 Å². The molecule has 0 bridgehead atoms. The predicted molar refractivity (Wildman–Crippen MR) is 64.8 cm³/mol. The smallest absolute Gasteiger partial charge is 0.215 e. The summed E-state index contributed by atoms with van der Waals surface area (Å²) in [6, 6.07) is 5.65. The monoisotopic (exact) mass is 232 g/mol. The number of nitrogens with two attached hydrogens (primary N) is 1. The van der Waals surface area contributed by atoms with Crippen LogP contribution in [-0.2, 0) is 5.54 Å². The van der Waals surface area contributed by atoms with Crippen LogP contribution in [0.15, 0.2) is 22.6 Å². The molecule has 0 amide bonds. The molecule has 17 heavy (non-hydrogen) atoms. The van der Waals surface area contributed by atoms with Crippen LogP contribution < -0.4 is 10.5 Å². The maximum Gasteiger partial charge on any atom is 0.215 e. The van der Waals surface area contributed by atoms with Gasteiger partial charge in [-0.2, -0.15) is 0 Å². The van der Waals surface area contributed by atoms with Crippen LogP contribution in [0.3, 0.4) is 0 Å². The minimum absolute atomic E-state index is 0.468. The molecule has 0 spiro atoms. The van der Waals surface area contributed by atoms with Crippen LogP contribution in [0.1, 0.15) is 25.7 Å². The second kappa shape index (κ2) is 3.47. The summed E-state index contributed by atoms with van der Waals surface area (Å²) < 4.78 is 11.0. The van der Waals surface area contributed by atoms with Crippen molar-refractivity contribution in [3.63, 3.8) is 0 Å². The standard InChI is InChI=1S/C13H16N2O2/c1-13(14,8-6-7-8)12-15-11-9(16-2)4-3-5-10(11)17-12/h3-5,8H,6-7,14H2,1-2H3. The van der Waals surface area contributed by atoms with E-state index >= 15 is 0 Å². The fraction of sp³-hybridized carbons (Fsp3) is 0.462. The molecule has 1 aliphatic carbocycles. The summed E-state index contributed by atoms with van der Waals surface area (Å²) in [6.45, 7) is 1.99. The quantitative estimate of drug-likeness (QED) is 0.882. The van der Waals surface area contributed by atoms with Gasteiger partial charge in [0, 0.05) is 0 Å². The lowest BCUT2D eigenvalue weighted by Crippen LogP contribution is -2.35. The van der Waals surface area contributed by atoms with E-state index in [4.69, 9.17) is 14.9 Å². The Balaban J connectivity index is 2.13. The van der Waals surface area contributed by atoms with Gasteiger partial charge in [-0.1, -0.05) is 6.07 Å². The minimum atomic E-state index is -0.468. The minimum Gasteiger partial charge on any atom is -0.494 e. The molecule has 4 heteroatoms. The van der Waals surface area contributed by atoms with Crippen LogP contribution in [0.25, 0.3) is 11.1 Å². The van der Waals surface area contributed by atoms with Gasteiger partial charge in [0.25, 0.3) is 0 Å². The number of methoxy groups -OCH3 is 1. The highest BCUT2D eigenvalue weighted by atomic mass is 16.5. The third-order valence-corrected chi connectivity index (χ3v) is 3.49. The highest BCUT2D eigenvalue weighted by Crippen LogP contribution is 2.44. The third-order valence-electron chi connectivity index (χ3n) is 3.49. The van der Waals surface area contributed by atoms with Gasteiger partial charge in [0.2, 0.25) is 5.89 Å². The zero-order valence-corrected chi connectivity index (χ0v) is 10.1. The number of nitrogens with zero attached hydrogens (tertiary/aromatic N) is 1. The Kier molecular flexibility index (Phi) is 2.16. The summed E-state index contributed by atoms with van der Waals surface area (Å²) in [5, 5.41) is 0.